The lowest BCUT2D eigenvalue weighted by Gasteiger charge is -2.13. The van der Waals surface area contributed by atoms with E-state index in [1.807, 2.05) is 13.8 Å². The van der Waals surface area contributed by atoms with E-state index >= 15 is 0 Å². The van der Waals surface area contributed by atoms with Crippen LogP contribution in [-0.4, -0.2) is 35.0 Å². The number of hydrogen-bond donors (Lipinski definition) is 1. The van der Waals surface area contributed by atoms with E-state index in [4.69, 9.17) is 0 Å². The quantitative estimate of drug-likeness (QED) is 0.755. The van der Waals surface area contributed by atoms with E-state index in [1.54, 1.807) is 11.0 Å². The topological polar surface area (TPSA) is 76.9 Å². The van der Waals surface area contributed by atoms with Gasteiger partial charge in [0.1, 0.15) is 12.7 Å². The molecule has 7 heteroatoms. The standard InChI is InChI=1S/C9H18N4O2S/c1-3-4-5-16(14,15)12-9(2)6-13-8-10-7-11-13/h7-9,12H,3-6H2,1-2H3/t9-/m1/s1. The number of unbranched alkanes of at least 4 members (excludes halogenated alkanes) is 1. The van der Waals surface area contributed by atoms with Crippen LogP contribution in [0.3, 0.4) is 0 Å². The van der Waals surface area contributed by atoms with Crippen LogP contribution in [-0.2, 0) is 16.6 Å². The van der Waals surface area contributed by atoms with Gasteiger partial charge in [-0.3, -0.25) is 4.68 Å². The number of aromatic nitrogens is 3. The van der Waals surface area contributed by atoms with Gasteiger partial charge >= 0.3 is 0 Å². The van der Waals surface area contributed by atoms with E-state index in [0.29, 0.717) is 13.0 Å². The lowest BCUT2D eigenvalue weighted by atomic mass is 10.4. The van der Waals surface area contributed by atoms with Gasteiger partial charge in [-0.25, -0.2) is 18.1 Å². The molecule has 0 saturated carbocycles. The second-order valence-electron chi connectivity index (χ2n) is 3.81. The monoisotopic (exact) mass is 246 g/mol. The van der Waals surface area contributed by atoms with Gasteiger partial charge in [0, 0.05) is 6.04 Å². The molecule has 1 atom stereocenters. The van der Waals surface area contributed by atoms with E-state index in [9.17, 15) is 8.42 Å². The van der Waals surface area contributed by atoms with Gasteiger partial charge < -0.3 is 0 Å². The van der Waals surface area contributed by atoms with Crippen LogP contribution >= 0.6 is 0 Å². The molecule has 0 saturated heterocycles. The first-order valence-electron chi connectivity index (χ1n) is 5.36. The highest BCUT2D eigenvalue weighted by Crippen LogP contribution is 1.97. The maximum absolute atomic E-state index is 11.6. The second-order valence-corrected chi connectivity index (χ2v) is 5.68. The fraction of sp³-hybridized carbons (Fsp3) is 0.778. The number of nitrogens with one attached hydrogen (secondary N) is 1. The Bertz CT molecular complexity index is 388. The maximum Gasteiger partial charge on any atom is 0.211 e. The third-order valence-electron chi connectivity index (χ3n) is 2.07. The van der Waals surface area contributed by atoms with Crippen molar-refractivity contribution in [3.05, 3.63) is 12.7 Å². The van der Waals surface area contributed by atoms with Crippen molar-refractivity contribution in [2.24, 2.45) is 0 Å². The maximum atomic E-state index is 11.6. The normalized spacial score (nSPS) is 13.9. The predicted octanol–water partition coefficient (Wildman–Crippen LogP) is 0.386. The summed E-state index contributed by atoms with van der Waals surface area (Å²) >= 11 is 0. The molecule has 1 N–H and O–H groups in total. The molecule has 1 rings (SSSR count). The first-order valence-corrected chi connectivity index (χ1v) is 7.01. The van der Waals surface area contributed by atoms with Crippen LogP contribution in [0.5, 0.6) is 0 Å². The minimum absolute atomic E-state index is 0.177. The zero-order chi connectivity index (χ0) is 12.0. The Morgan fingerprint density at radius 3 is 2.81 bits per heavy atom. The van der Waals surface area contributed by atoms with Gasteiger partial charge in [0.2, 0.25) is 10.0 Å². The van der Waals surface area contributed by atoms with Crippen molar-refractivity contribution < 1.29 is 8.42 Å². The Hall–Kier alpha value is -0.950. The van der Waals surface area contributed by atoms with Crippen LogP contribution in [0.25, 0.3) is 0 Å². The number of rotatable bonds is 7. The largest absolute Gasteiger partial charge is 0.251 e. The molecule has 1 aromatic rings. The molecular formula is C9H18N4O2S. The van der Waals surface area contributed by atoms with E-state index < -0.39 is 10.0 Å². The summed E-state index contributed by atoms with van der Waals surface area (Å²) in [4.78, 5) is 3.80. The summed E-state index contributed by atoms with van der Waals surface area (Å²) in [5.74, 6) is 0.186. The van der Waals surface area contributed by atoms with Crippen molar-refractivity contribution in [2.45, 2.75) is 39.3 Å². The molecule has 0 aliphatic rings. The van der Waals surface area contributed by atoms with E-state index in [0.717, 1.165) is 6.42 Å². The molecule has 1 heterocycles. The number of sulfonamides is 1. The van der Waals surface area contributed by atoms with Gasteiger partial charge in [0.15, 0.2) is 0 Å². The number of hydrogen-bond acceptors (Lipinski definition) is 4. The Morgan fingerprint density at radius 2 is 2.25 bits per heavy atom. The van der Waals surface area contributed by atoms with Gasteiger partial charge in [0.25, 0.3) is 0 Å². The summed E-state index contributed by atoms with van der Waals surface area (Å²) in [6, 6.07) is -0.177. The molecule has 0 spiro atoms. The van der Waals surface area contributed by atoms with E-state index in [1.165, 1.54) is 6.33 Å². The smallest absolute Gasteiger partial charge is 0.211 e. The summed E-state index contributed by atoms with van der Waals surface area (Å²) in [5, 5.41) is 3.92. The Balaban J connectivity index is 2.41. The first kappa shape index (κ1) is 13.1. The van der Waals surface area contributed by atoms with Crippen LogP contribution < -0.4 is 4.72 Å². The molecule has 0 aromatic carbocycles. The SMILES string of the molecule is CCCCS(=O)(=O)N[C@H](C)Cn1cncn1. The number of nitrogens with zero attached hydrogens (tertiary/aromatic N) is 3. The van der Waals surface area contributed by atoms with Crippen molar-refractivity contribution in [3.8, 4) is 0 Å². The molecular weight excluding hydrogens is 228 g/mol. The predicted molar refractivity (Wildman–Crippen MR) is 61.3 cm³/mol. The van der Waals surface area contributed by atoms with Crippen LogP contribution in [0.1, 0.15) is 26.7 Å². The van der Waals surface area contributed by atoms with Crippen molar-refractivity contribution in [1.29, 1.82) is 0 Å². The Labute approximate surface area is 96.1 Å². The molecule has 0 fully saturated rings. The third kappa shape index (κ3) is 4.71. The third-order valence-corrected chi connectivity index (χ3v) is 3.66. The van der Waals surface area contributed by atoms with Gasteiger partial charge in [-0.05, 0) is 13.3 Å². The zero-order valence-corrected chi connectivity index (χ0v) is 10.4. The summed E-state index contributed by atoms with van der Waals surface area (Å²) in [5.41, 5.74) is 0. The Kier molecular flexibility index (Phi) is 4.88. The van der Waals surface area contributed by atoms with Gasteiger partial charge in [0.05, 0.1) is 12.3 Å². The average Bonchev–Trinajstić information content (AvgIpc) is 2.66. The molecule has 0 aliphatic carbocycles. The molecule has 0 amide bonds. The highest BCUT2D eigenvalue weighted by molar-refractivity contribution is 7.89. The fourth-order valence-electron chi connectivity index (χ4n) is 1.34. The molecule has 16 heavy (non-hydrogen) atoms. The summed E-state index contributed by atoms with van der Waals surface area (Å²) in [7, 11) is -3.16. The lowest BCUT2D eigenvalue weighted by molar-refractivity contribution is 0.492. The van der Waals surface area contributed by atoms with Crippen LogP contribution in [0, 0.1) is 0 Å². The van der Waals surface area contributed by atoms with Crippen molar-refractivity contribution in [3.63, 3.8) is 0 Å². The van der Waals surface area contributed by atoms with Gasteiger partial charge in [-0.2, -0.15) is 5.10 Å². The minimum Gasteiger partial charge on any atom is -0.251 e. The van der Waals surface area contributed by atoms with Crippen LogP contribution in [0.15, 0.2) is 12.7 Å². The van der Waals surface area contributed by atoms with Crippen molar-refractivity contribution in [1.82, 2.24) is 19.5 Å². The first-order chi connectivity index (χ1) is 7.53. The molecule has 0 unspecified atom stereocenters. The minimum atomic E-state index is -3.16. The van der Waals surface area contributed by atoms with E-state index in [-0.39, 0.29) is 11.8 Å². The fourth-order valence-corrected chi connectivity index (χ4v) is 2.82. The lowest BCUT2D eigenvalue weighted by Crippen LogP contribution is -2.37. The zero-order valence-electron chi connectivity index (χ0n) is 9.63. The molecule has 0 radical (unpaired) electrons. The molecule has 0 bridgehead atoms. The highest BCUT2D eigenvalue weighted by Gasteiger charge is 2.14. The van der Waals surface area contributed by atoms with Crippen LogP contribution in [0.2, 0.25) is 0 Å². The average molecular weight is 246 g/mol. The summed E-state index contributed by atoms with van der Waals surface area (Å²) < 4.78 is 27.4. The van der Waals surface area contributed by atoms with E-state index in [2.05, 4.69) is 14.8 Å². The van der Waals surface area contributed by atoms with Gasteiger partial charge in [-0.15, -0.1) is 0 Å². The molecule has 92 valence electrons. The van der Waals surface area contributed by atoms with Gasteiger partial charge in [-0.1, -0.05) is 13.3 Å². The molecule has 0 aliphatic heterocycles. The van der Waals surface area contributed by atoms with Crippen molar-refractivity contribution in [2.75, 3.05) is 5.75 Å². The molecule has 6 nitrogen and oxygen atoms in total. The second kappa shape index (κ2) is 5.95. The van der Waals surface area contributed by atoms with Crippen molar-refractivity contribution >= 4 is 10.0 Å². The van der Waals surface area contributed by atoms with Crippen LogP contribution in [0.4, 0.5) is 0 Å². The highest BCUT2D eigenvalue weighted by atomic mass is 32.2. The Morgan fingerprint density at radius 1 is 1.50 bits per heavy atom. The molecule has 1 aromatic heterocycles. The summed E-state index contributed by atoms with van der Waals surface area (Å²) in [6.45, 7) is 4.27. The summed E-state index contributed by atoms with van der Waals surface area (Å²) in [6.07, 6.45) is 4.55.